The predicted molar refractivity (Wildman–Crippen MR) is 19.9 cm³/mol. The monoisotopic (exact) mass is 185 g/mol. The van der Waals surface area contributed by atoms with E-state index in [2.05, 4.69) is 0 Å². The Morgan fingerprint density at radius 2 is 1.00 bits per heavy atom. The van der Waals surface area contributed by atoms with Crippen molar-refractivity contribution in [3.8, 4) is 0 Å². The Balaban J connectivity index is 0. The standard InChI is InChI=1S/Al.BH3.Nb.Ti.3H/h;1H3;;;;;. The summed E-state index contributed by atoms with van der Waals surface area (Å²) < 4.78 is 0. The van der Waals surface area contributed by atoms with Gasteiger partial charge in [-0.15, -0.1) is 0 Å². The predicted octanol–water partition coefficient (Wildman–Crippen LogP) is -2.37. The third-order valence-electron chi connectivity index (χ3n) is 0. The van der Waals surface area contributed by atoms with Crippen molar-refractivity contribution < 1.29 is 44.1 Å². The van der Waals surface area contributed by atoms with E-state index in [-0.39, 0.29) is 69.9 Å². The first-order chi connectivity index (χ1) is 0. The summed E-state index contributed by atoms with van der Waals surface area (Å²) in [5.41, 5.74) is 0. The molecule has 0 aliphatic carbocycles. The minimum absolute atomic E-state index is 0. The van der Waals surface area contributed by atoms with Gasteiger partial charge in [-0.05, 0) is 0 Å². The molecule has 0 aromatic rings. The van der Waals surface area contributed by atoms with Crippen LogP contribution in [0.1, 0.15) is 0 Å². The second-order valence-corrected chi connectivity index (χ2v) is 0. The van der Waals surface area contributed by atoms with Crippen molar-refractivity contribution in [3.63, 3.8) is 0 Å². The first-order valence-corrected chi connectivity index (χ1v) is 0. The number of hydrogen-bond donors (Lipinski definition) is 0. The van der Waals surface area contributed by atoms with Gasteiger partial charge in [-0.1, -0.05) is 0 Å². The van der Waals surface area contributed by atoms with Crippen LogP contribution in [-0.2, 0) is 44.1 Å². The summed E-state index contributed by atoms with van der Waals surface area (Å²) >= 11 is 0. The largest absolute Gasteiger partial charge is 0.187 e. The van der Waals surface area contributed by atoms with Gasteiger partial charge in [0.15, 0.2) is 17.4 Å². The Bertz CT molecular complexity index is 8.00. The molecule has 0 saturated carbocycles. The second-order valence-electron chi connectivity index (χ2n) is 0. The molecule has 0 heterocycles. The van der Waals surface area contributed by atoms with Gasteiger partial charge in [-0.3, -0.25) is 0 Å². The van der Waals surface area contributed by atoms with Crippen LogP contribution in [0.15, 0.2) is 0 Å². The van der Waals surface area contributed by atoms with Crippen LogP contribution in [0, 0.1) is 0 Å². The molecule has 0 aliphatic heterocycles. The molecule has 0 nitrogen and oxygen atoms in total. The maximum atomic E-state index is 0. The van der Waals surface area contributed by atoms with Gasteiger partial charge in [0.05, 0.1) is 8.41 Å². The Morgan fingerprint density at radius 3 is 1.00 bits per heavy atom. The van der Waals surface area contributed by atoms with E-state index in [0.29, 0.717) is 0 Å². The summed E-state index contributed by atoms with van der Waals surface area (Å²) in [4.78, 5) is 0. The van der Waals surface area contributed by atoms with Gasteiger partial charge in [-0.25, -0.2) is 0 Å². The van der Waals surface area contributed by atoms with Gasteiger partial charge < -0.3 is 0 Å². The Hall–Kier alpha value is 2.05. The van der Waals surface area contributed by atoms with Crippen molar-refractivity contribution in [1.29, 1.82) is 0 Å². The van der Waals surface area contributed by atoms with Crippen molar-refractivity contribution in [2.75, 3.05) is 0 Å². The third kappa shape index (κ3) is 8.96. The molecule has 0 atom stereocenters. The van der Waals surface area contributed by atoms with E-state index in [4.69, 9.17) is 0 Å². The zero-order chi connectivity index (χ0) is 0. The average molecular weight is 185 g/mol. The van der Waals surface area contributed by atoms with E-state index in [9.17, 15) is 0 Å². The molecule has 4 heavy (non-hydrogen) atoms. The van der Waals surface area contributed by atoms with Gasteiger partial charge in [0.1, 0.15) is 0 Å². The Labute approximate surface area is 69.2 Å². The fourth-order valence-electron chi connectivity index (χ4n) is 0. The molecule has 21 valence electrons. The van der Waals surface area contributed by atoms with Crippen LogP contribution in [0.5, 0.6) is 0 Å². The first-order valence-electron chi connectivity index (χ1n) is 0. The summed E-state index contributed by atoms with van der Waals surface area (Å²) in [6.45, 7) is 0. The fourth-order valence-corrected chi connectivity index (χ4v) is 0. The van der Waals surface area contributed by atoms with E-state index < -0.39 is 0 Å². The van der Waals surface area contributed by atoms with Gasteiger partial charge in [-0.2, -0.15) is 0 Å². The summed E-state index contributed by atoms with van der Waals surface area (Å²) in [6.07, 6.45) is 0. The smallest absolute Gasteiger partial charge is 0 e. The molecule has 4 heteroatoms. The molecule has 0 aromatic heterocycles. The van der Waals surface area contributed by atoms with Gasteiger partial charge >= 0.3 is 0 Å². The molecule has 0 rings (SSSR count). The number of rotatable bonds is 0. The topological polar surface area (TPSA) is 0 Å². The van der Waals surface area contributed by atoms with Crippen LogP contribution in [0.4, 0.5) is 0 Å². The SMILES string of the molecule is B.[AlH3].[Nb].[Ti]. The van der Waals surface area contributed by atoms with Gasteiger partial charge in [0.25, 0.3) is 0 Å². The Morgan fingerprint density at radius 1 is 1.00 bits per heavy atom. The zero-order valence-electron chi connectivity index (χ0n) is 0.947. The molecule has 0 spiro atoms. The van der Waals surface area contributed by atoms with Crippen molar-refractivity contribution in [2.24, 2.45) is 0 Å². The van der Waals surface area contributed by atoms with E-state index in [0.717, 1.165) is 0 Å². The quantitative estimate of drug-likeness (QED) is 0.369. The summed E-state index contributed by atoms with van der Waals surface area (Å²) in [6, 6.07) is 0. The van der Waals surface area contributed by atoms with Crippen molar-refractivity contribution >= 4 is 25.8 Å². The van der Waals surface area contributed by atoms with E-state index in [1.54, 1.807) is 0 Å². The van der Waals surface area contributed by atoms with Crippen LogP contribution in [0.2, 0.25) is 0 Å². The molecular formula is H6AlBNbTi. The molecule has 0 fully saturated rings. The molecule has 0 amide bonds. The maximum Gasteiger partial charge on any atom is 0.187 e. The molecular weight excluding hydrogens is 179 g/mol. The molecule has 1 radical (unpaired) electrons. The van der Waals surface area contributed by atoms with Crippen LogP contribution in [-0.4, -0.2) is 25.8 Å². The second kappa shape index (κ2) is 19.7. The molecule has 0 aliphatic rings. The Kier molecular flexibility index (Phi) is 181. The third-order valence-corrected chi connectivity index (χ3v) is 0. The first kappa shape index (κ1) is 36.7. The molecule has 0 unspecified atom stereocenters. The van der Waals surface area contributed by atoms with Gasteiger partial charge in [0.2, 0.25) is 0 Å². The minimum Gasteiger partial charge on any atom is 0 e. The number of hydrogen-bond acceptors (Lipinski definition) is 0. The van der Waals surface area contributed by atoms with Crippen molar-refractivity contribution in [1.82, 2.24) is 0 Å². The van der Waals surface area contributed by atoms with Crippen LogP contribution in [0.25, 0.3) is 0 Å². The summed E-state index contributed by atoms with van der Waals surface area (Å²) in [7, 11) is 0. The molecule has 0 saturated heterocycles. The van der Waals surface area contributed by atoms with Crippen molar-refractivity contribution in [3.05, 3.63) is 0 Å². The fraction of sp³-hybridized carbons (Fsp3) is 0. The van der Waals surface area contributed by atoms with Gasteiger partial charge in [0, 0.05) is 44.1 Å². The molecule has 0 aromatic carbocycles. The summed E-state index contributed by atoms with van der Waals surface area (Å²) in [5, 5.41) is 0. The van der Waals surface area contributed by atoms with Crippen molar-refractivity contribution in [2.45, 2.75) is 0 Å². The van der Waals surface area contributed by atoms with E-state index >= 15 is 0 Å². The van der Waals surface area contributed by atoms with E-state index in [1.165, 1.54) is 0 Å². The normalized spacial score (nSPS) is 0. The minimum atomic E-state index is 0. The molecule has 0 bridgehead atoms. The van der Waals surface area contributed by atoms with Crippen LogP contribution >= 0.6 is 0 Å². The zero-order valence-corrected chi connectivity index (χ0v) is 4.71. The van der Waals surface area contributed by atoms with Crippen LogP contribution < -0.4 is 0 Å². The summed E-state index contributed by atoms with van der Waals surface area (Å²) in [5.74, 6) is 0. The van der Waals surface area contributed by atoms with E-state index in [1.807, 2.05) is 0 Å². The van der Waals surface area contributed by atoms with Crippen LogP contribution in [0.3, 0.4) is 0 Å². The maximum absolute atomic E-state index is 0. The molecule has 0 N–H and O–H groups in total. The average Bonchev–Trinajstić information content (AvgIpc) is 0.